The molecule has 23 heavy (non-hydrogen) atoms. The number of nitrogens with one attached hydrogen (secondary N) is 1. The number of hydrogen-bond acceptors (Lipinski definition) is 5. The van der Waals surface area contributed by atoms with E-state index in [1.807, 2.05) is 6.20 Å². The van der Waals surface area contributed by atoms with Crippen molar-refractivity contribution in [2.45, 2.75) is 43.7 Å². The molecule has 6 atom stereocenters. The summed E-state index contributed by atoms with van der Waals surface area (Å²) in [6.45, 7) is 4.61. The van der Waals surface area contributed by atoms with Gasteiger partial charge in [0.1, 0.15) is 0 Å². The van der Waals surface area contributed by atoms with Gasteiger partial charge in [0, 0.05) is 42.9 Å². The monoisotopic (exact) mass is 339 g/mol. The van der Waals surface area contributed by atoms with Gasteiger partial charge in [0.25, 0.3) is 0 Å². The van der Waals surface area contributed by atoms with E-state index in [2.05, 4.69) is 12.2 Å². The minimum atomic E-state index is -0.598. The normalized spacial score (nSPS) is 37.3. The van der Waals surface area contributed by atoms with E-state index in [0.717, 1.165) is 13.0 Å². The topological polar surface area (TPSA) is 72.9 Å². The molecule has 0 aliphatic carbocycles. The average molecular weight is 339 g/mol. The molecule has 0 spiro atoms. The predicted molar refractivity (Wildman–Crippen MR) is 89.5 cm³/mol. The predicted octanol–water partition coefficient (Wildman–Crippen LogP) is 0.237. The lowest BCUT2D eigenvalue weighted by molar-refractivity contribution is -0.158. The summed E-state index contributed by atoms with van der Waals surface area (Å²) < 4.78 is 0. The lowest BCUT2D eigenvalue weighted by atomic mass is 9.79. The molecule has 0 aromatic heterocycles. The highest BCUT2D eigenvalue weighted by Gasteiger charge is 2.55. The number of carbonyl (C=O) groups is 2. The van der Waals surface area contributed by atoms with Crippen molar-refractivity contribution in [1.29, 1.82) is 0 Å². The lowest BCUT2D eigenvalue weighted by Gasteiger charge is -2.45. The SMILES string of the molecule is C[C@@H](O)[C@H]1C(=O)N2C=C(S[C@@H]3CN[C@H](C(=O)N(C)C)C3)[C@H](C)[C@H]12. The van der Waals surface area contributed by atoms with E-state index in [-0.39, 0.29) is 35.7 Å². The third-order valence-electron chi connectivity index (χ3n) is 5.11. The zero-order valence-corrected chi connectivity index (χ0v) is 14.8. The number of amides is 2. The summed E-state index contributed by atoms with van der Waals surface area (Å²) in [7, 11) is 3.55. The lowest BCUT2D eigenvalue weighted by Crippen LogP contribution is -2.61. The third kappa shape index (κ3) is 2.79. The molecule has 0 bridgehead atoms. The number of nitrogens with zero attached hydrogens (tertiary/aromatic N) is 2. The highest BCUT2D eigenvalue weighted by Crippen LogP contribution is 2.48. The number of β-lactam (4-membered cyclic amide) rings is 1. The number of thioether (sulfide) groups is 1. The number of aliphatic hydroxyl groups is 1. The van der Waals surface area contributed by atoms with Gasteiger partial charge in [-0.05, 0) is 13.3 Å². The molecule has 2 saturated heterocycles. The van der Waals surface area contributed by atoms with Gasteiger partial charge in [-0.2, -0.15) is 0 Å². The number of aliphatic hydroxyl groups excluding tert-OH is 1. The minimum Gasteiger partial charge on any atom is -0.393 e. The average Bonchev–Trinajstić information content (AvgIpc) is 3.03. The van der Waals surface area contributed by atoms with Crippen LogP contribution in [0, 0.1) is 11.8 Å². The van der Waals surface area contributed by atoms with E-state index in [0.29, 0.717) is 5.25 Å². The van der Waals surface area contributed by atoms with Crippen LogP contribution in [0.25, 0.3) is 0 Å². The molecule has 6 nitrogen and oxygen atoms in total. The van der Waals surface area contributed by atoms with Crippen LogP contribution >= 0.6 is 11.8 Å². The van der Waals surface area contributed by atoms with Crippen molar-refractivity contribution in [3.05, 3.63) is 11.1 Å². The maximum Gasteiger partial charge on any atom is 0.239 e. The second-order valence-electron chi connectivity index (χ2n) is 6.99. The van der Waals surface area contributed by atoms with Crippen molar-refractivity contribution in [2.24, 2.45) is 11.8 Å². The second-order valence-corrected chi connectivity index (χ2v) is 8.37. The minimum absolute atomic E-state index is 0.0256. The second kappa shape index (κ2) is 6.11. The summed E-state index contributed by atoms with van der Waals surface area (Å²) in [6.07, 6.45) is 2.16. The molecular formula is C16H25N3O3S. The van der Waals surface area contributed by atoms with Gasteiger partial charge in [0.15, 0.2) is 0 Å². The molecular weight excluding hydrogens is 314 g/mol. The summed E-state index contributed by atoms with van der Waals surface area (Å²) in [5.74, 6) is 0.123. The third-order valence-corrected chi connectivity index (χ3v) is 6.55. The van der Waals surface area contributed by atoms with Crippen LogP contribution in [0.15, 0.2) is 11.1 Å². The first-order chi connectivity index (χ1) is 10.8. The molecule has 3 heterocycles. The number of hydrogen-bond donors (Lipinski definition) is 2. The number of fused-ring (bicyclic) bond motifs is 1. The van der Waals surface area contributed by atoms with Crippen molar-refractivity contribution in [2.75, 3.05) is 20.6 Å². The van der Waals surface area contributed by atoms with Crippen molar-refractivity contribution in [3.8, 4) is 0 Å². The first-order valence-electron chi connectivity index (χ1n) is 8.14. The fourth-order valence-corrected chi connectivity index (χ4v) is 5.18. The zero-order valence-electron chi connectivity index (χ0n) is 14.0. The van der Waals surface area contributed by atoms with Crippen LogP contribution in [-0.2, 0) is 9.59 Å². The molecule has 0 unspecified atom stereocenters. The Bertz CT molecular complexity index is 549. The molecule has 0 saturated carbocycles. The van der Waals surface area contributed by atoms with Gasteiger partial charge in [0.2, 0.25) is 11.8 Å². The maximum absolute atomic E-state index is 12.1. The Kier molecular flexibility index (Phi) is 4.46. The van der Waals surface area contributed by atoms with Gasteiger partial charge in [-0.15, -0.1) is 11.8 Å². The molecule has 0 radical (unpaired) electrons. The molecule has 0 aromatic carbocycles. The van der Waals surface area contributed by atoms with Crippen molar-refractivity contribution in [1.82, 2.24) is 15.1 Å². The van der Waals surface area contributed by atoms with Crippen LogP contribution in [0.5, 0.6) is 0 Å². The molecule has 3 aliphatic heterocycles. The fourth-order valence-electron chi connectivity index (χ4n) is 3.80. The summed E-state index contributed by atoms with van der Waals surface area (Å²) in [4.78, 5) is 28.7. The fraction of sp³-hybridized carbons (Fsp3) is 0.750. The Morgan fingerprint density at radius 1 is 1.52 bits per heavy atom. The summed E-state index contributed by atoms with van der Waals surface area (Å²) >= 11 is 1.77. The first-order valence-corrected chi connectivity index (χ1v) is 9.02. The number of likely N-dealkylation sites (N-methyl/N-ethyl adjacent to an activating group) is 1. The number of carbonyl (C=O) groups excluding carboxylic acids is 2. The number of rotatable bonds is 4. The Morgan fingerprint density at radius 2 is 2.22 bits per heavy atom. The van der Waals surface area contributed by atoms with Crippen LogP contribution in [0.2, 0.25) is 0 Å². The summed E-state index contributed by atoms with van der Waals surface area (Å²) in [6, 6.07) is -0.0118. The van der Waals surface area contributed by atoms with Crippen molar-refractivity contribution < 1.29 is 14.7 Å². The molecule has 7 heteroatoms. The summed E-state index contributed by atoms with van der Waals surface area (Å²) in [5.41, 5.74) is 0. The Balaban J connectivity index is 1.60. The first kappa shape index (κ1) is 16.8. The molecule has 2 fully saturated rings. The Morgan fingerprint density at radius 3 is 2.83 bits per heavy atom. The molecule has 3 aliphatic rings. The van der Waals surface area contributed by atoms with Gasteiger partial charge in [-0.3, -0.25) is 9.59 Å². The van der Waals surface area contributed by atoms with E-state index in [1.165, 1.54) is 4.91 Å². The van der Waals surface area contributed by atoms with Gasteiger partial charge in [0.05, 0.1) is 24.1 Å². The smallest absolute Gasteiger partial charge is 0.239 e. The van der Waals surface area contributed by atoms with Crippen LogP contribution in [0.1, 0.15) is 20.3 Å². The highest BCUT2D eigenvalue weighted by molar-refractivity contribution is 8.03. The molecule has 2 N–H and O–H groups in total. The maximum atomic E-state index is 12.1. The Hall–Kier alpha value is -1.05. The largest absolute Gasteiger partial charge is 0.393 e. The highest BCUT2D eigenvalue weighted by atomic mass is 32.2. The summed E-state index contributed by atoms with van der Waals surface area (Å²) in [5, 5.41) is 13.4. The van der Waals surface area contributed by atoms with Gasteiger partial charge < -0.3 is 20.2 Å². The van der Waals surface area contributed by atoms with Crippen molar-refractivity contribution in [3.63, 3.8) is 0 Å². The van der Waals surface area contributed by atoms with Crippen LogP contribution < -0.4 is 5.32 Å². The van der Waals surface area contributed by atoms with Crippen LogP contribution in [0.4, 0.5) is 0 Å². The van der Waals surface area contributed by atoms with E-state index < -0.39 is 6.10 Å². The molecule has 128 valence electrons. The molecule has 2 amide bonds. The Labute approximate surface area is 141 Å². The quantitative estimate of drug-likeness (QED) is 0.718. The molecule has 0 aromatic rings. The van der Waals surface area contributed by atoms with Gasteiger partial charge in [-0.25, -0.2) is 0 Å². The van der Waals surface area contributed by atoms with E-state index in [4.69, 9.17) is 0 Å². The zero-order chi connectivity index (χ0) is 16.9. The van der Waals surface area contributed by atoms with Crippen LogP contribution in [0.3, 0.4) is 0 Å². The standard InChI is InChI=1S/C16H25N3O3S/c1-8-12(7-19-14(8)13(9(2)20)16(19)22)23-10-5-11(17-6-10)15(21)18(3)4/h7-11,13-14,17,20H,5-6H2,1-4H3/t8-,9+,10-,11-,13+,14+/m0/s1. The van der Waals surface area contributed by atoms with Gasteiger partial charge in [-0.1, -0.05) is 6.92 Å². The van der Waals surface area contributed by atoms with E-state index in [9.17, 15) is 14.7 Å². The van der Waals surface area contributed by atoms with Gasteiger partial charge >= 0.3 is 0 Å². The van der Waals surface area contributed by atoms with Crippen LogP contribution in [-0.4, -0.2) is 70.8 Å². The molecule has 3 rings (SSSR count). The van der Waals surface area contributed by atoms with Crippen molar-refractivity contribution >= 4 is 23.6 Å². The van der Waals surface area contributed by atoms with E-state index in [1.54, 1.807) is 42.6 Å². The van der Waals surface area contributed by atoms with E-state index >= 15 is 0 Å².